The third-order valence-electron chi connectivity index (χ3n) is 6.06. The van der Waals surface area contributed by atoms with Gasteiger partial charge in [0.05, 0.1) is 11.7 Å². The highest BCUT2D eigenvalue weighted by molar-refractivity contribution is 7.93. The first-order valence-corrected chi connectivity index (χ1v) is 11.4. The summed E-state index contributed by atoms with van der Waals surface area (Å²) in [4.78, 5) is 22.4. The van der Waals surface area contributed by atoms with Crippen LogP contribution in [0, 0.1) is 12.7 Å². The first-order chi connectivity index (χ1) is 14.8. The second-order valence-electron chi connectivity index (χ2n) is 7.95. The van der Waals surface area contributed by atoms with Crippen molar-refractivity contribution in [1.82, 2.24) is 20.0 Å². The summed E-state index contributed by atoms with van der Waals surface area (Å²) in [6.07, 6.45) is 1.73. The Balaban J connectivity index is 1.37. The minimum Gasteiger partial charge on any atom is -0.448 e. The molecule has 3 aromatic rings. The second kappa shape index (κ2) is 6.98. The lowest BCUT2D eigenvalue weighted by atomic mass is 9.83. The van der Waals surface area contributed by atoms with Crippen molar-refractivity contribution in [2.75, 3.05) is 18.8 Å². The molecule has 0 saturated carbocycles. The minimum atomic E-state index is -3.47. The quantitative estimate of drug-likeness (QED) is 0.596. The number of benzene rings is 1. The predicted molar refractivity (Wildman–Crippen MR) is 105 cm³/mol. The highest BCUT2D eigenvalue weighted by Crippen LogP contribution is 2.49. The molecule has 0 N–H and O–H groups in total. The molecule has 2 aliphatic heterocycles. The van der Waals surface area contributed by atoms with Crippen LogP contribution in [0.5, 0.6) is 0 Å². The molecule has 1 spiro atoms. The van der Waals surface area contributed by atoms with Crippen LogP contribution >= 0.6 is 0 Å². The maximum Gasteiger partial charge on any atom is 0.275 e. The number of sulfone groups is 1. The number of amides is 1. The molecule has 1 atom stereocenters. The number of likely N-dealkylation sites (tertiary alicyclic amines) is 1. The van der Waals surface area contributed by atoms with Crippen LogP contribution in [0.3, 0.4) is 0 Å². The Hall–Kier alpha value is -3.08. The van der Waals surface area contributed by atoms with Gasteiger partial charge >= 0.3 is 0 Å². The first-order valence-electron chi connectivity index (χ1n) is 9.79. The fourth-order valence-corrected chi connectivity index (χ4v) is 6.69. The zero-order valence-corrected chi connectivity index (χ0v) is 17.4. The molecule has 162 valence electrons. The fourth-order valence-electron chi connectivity index (χ4n) is 4.38. The third kappa shape index (κ3) is 3.14. The van der Waals surface area contributed by atoms with E-state index in [0.717, 1.165) is 0 Å². The highest BCUT2D eigenvalue weighted by atomic mass is 32.2. The molecule has 4 heterocycles. The van der Waals surface area contributed by atoms with Gasteiger partial charge in [0.2, 0.25) is 5.89 Å². The molecule has 0 bridgehead atoms. The van der Waals surface area contributed by atoms with Crippen molar-refractivity contribution in [3.8, 4) is 0 Å². The van der Waals surface area contributed by atoms with Crippen molar-refractivity contribution in [1.29, 1.82) is 0 Å². The maximum atomic E-state index is 13.9. The number of hydrogen-bond donors (Lipinski definition) is 0. The van der Waals surface area contributed by atoms with Gasteiger partial charge in [0, 0.05) is 26.4 Å². The molecule has 11 heteroatoms. The van der Waals surface area contributed by atoms with Crippen LogP contribution in [0.2, 0.25) is 0 Å². The second-order valence-corrected chi connectivity index (χ2v) is 10.4. The third-order valence-corrected chi connectivity index (χ3v) is 8.61. The van der Waals surface area contributed by atoms with Gasteiger partial charge in [-0.3, -0.25) is 4.79 Å². The number of hydrogen-bond acceptors (Lipinski definition) is 8. The van der Waals surface area contributed by atoms with Gasteiger partial charge in [-0.2, -0.15) is 4.98 Å². The van der Waals surface area contributed by atoms with Crippen LogP contribution in [0.25, 0.3) is 0 Å². The Kier molecular flexibility index (Phi) is 4.47. The Labute approximate surface area is 177 Å². The number of rotatable bonds is 4. The Morgan fingerprint density at radius 3 is 2.77 bits per heavy atom. The molecule has 5 rings (SSSR count). The summed E-state index contributed by atoms with van der Waals surface area (Å²) in [6, 6.07) is 6.30. The van der Waals surface area contributed by atoms with Gasteiger partial charge in [0.15, 0.2) is 27.2 Å². The van der Waals surface area contributed by atoms with Crippen LogP contribution in [0.15, 0.2) is 39.5 Å². The van der Waals surface area contributed by atoms with Gasteiger partial charge in [-0.1, -0.05) is 23.4 Å². The molecule has 0 aliphatic carbocycles. The number of carbonyl (C=O) groups is 1. The molecule has 31 heavy (non-hydrogen) atoms. The van der Waals surface area contributed by atoms with Crippen LogP contribution < -0.4 is 0 Å². The smallest absolute Gasteiger partial charge is 0.275 e. The van der Waals surface area contributed by atoms with Crippen molar-refractivity contribution < 1.29 is 26.5 Å². The van der Waals surface area contributed by atoms with E-state index >= 15 is 0 Å². The normalized spacial score (nSPS) is 21.4. The van der Waals surface area contributed by atoms with E-state index in [1.54, 1.807) is 25.1 Å². The lowest BCUT2D eigenvalue weighted by molar-refractivity contribution is 0.0498. The van der Waals surface area contributed by atoms with E-state index in [9.17, 15) is 17.6 Å². The van der Waals surface area contributed by atoms with Gasteiger partial charge in [-0.25, -0.2) is 17.8 Å². The number of aryl methyl sites for hydroxylation is 1. The Morgan fingerprint density at radius 2 is 2.06 bits per heavy atom. The minimum absolute atomic E-state index is 0.0200. The maximum absolute atomic E-state index is 13.9. The average molecular weight is 446 g/mol. The van der Waals surface area contributed by atoms with E-state index in [-0.39, 0.29) is 54.4 Å². The van der Waals surface area contributed by atoms with Crippen LogP contribution in [0.1, 0.15) is 46.0 Å². The molecule has 9 nitrogen and oxygen atoms in total. The molecule has 1 amide bonds. The van der Waals surface area contributed by atoms with Gasteiger partial charge < -0.3 is 13.8 Å². The van der Waals surface area contributed by atoms with E-state index in [4.69, 9.17) is 8.94 Å². The zero-order chi connectivity index (χ0) is 21.8. The van der Waals surface area contributed by atoms with Crippen molar-refractivity contribution in [3.63, 3.8) is 0 Å². The zero-order valence-electron chi connectivity index (χ0n) is 16.6. The number of nitrogens with zero attached hydrogens (tertiary/aromatic N) is 4. The predicted octanol–water partition coefficient (Wildman–Crippen LogP) is 1.89. The molecular weight excluding hydrogens is 427 g/mol. The number of aromatic nitrogens is 3. The lowest BCUT2D eigenvalue weighted by Gasteiger charge is -2.48. The summed E-state index contributed by atoms with van der Waals surface area (Å²) in [5.74, 6) is -0.449. The van der Waals surface area contributed by atoms with E-state index in [1.165, 1.54) is 17.2 Å². The van der Waals surface area contributed by atoms with Crippen molar-refractivity contribution in [2.24, 2.45) is 0 Å². The largest absolute Gasteiger partial charge is 0.448 e. The van der Waals surface area contributed by atoms with Crippen molar-refractivity contribution in [3.05, 3.63) is 65.2 Å². The summed E-state index contributed by atoms with van der Waals surface area (Å²) in [5.41, 5.74) is 0.566. The number of carbonyl (C=O) groups excluding carboxylic acids is 1. The molecule has 2 aromatic heterocycles. The van der Waals surface area contributed by atoms with E-state index in [1.807, 2.05) is 0 Å². The summed E-state index contributed by atoms with van der Waals surface area (Å²) in [7, 11) is -3.47. The van der Waals surface area contributed by atoms with Gasteiger partial charge in [-0.05, 0) is 18.1 Å². The topological polar surface area (TPSA) is 119 Å². The Bertz CT molecular complexity index is 1260. The van der Waals surface area contributed by atoms with Crippen LogP contribution in [-0.4, -0.2) is 57.9 Å². The van der Waals surface area contributed by atoms with Crippen LogP contribution in [-0.2, 0) is 16.3 Å². The SMILES string of the molecule is Cc1nc(C(=O)N2CC3(C2)C(c2nc(Cc4ccccc4F)no2)CCS3(=O)=O)co1. The molecule has 2 fully saturated rings. The van der Waals surface area contributed by atoms with Gasteiger partial charge in [0.25, 0.3) is 5.91 Å². The van der Waals surface area contributed by atoms with Gasteiger partial charge in [-0.15, -0.1) is 0 Å². The fraction of sp³-hybridized carbons (Fsp3) is 0.400. The molecule has 2 aliphatic rings. The highest BCUT2D eigenvalue weighted by Gasteiger charge is 2.64. The van der Waals surface area contributed by atoms with Crippen molar-refractivity contribution in [2.45, 2.75) is 30.4 Å². The van der Waals surface area contributed by atoms with E-state index < -0.39 is 20.5 Å². The Morgan fingerprint density at radius 1 is 1.29 bits per heavy atom. The number of halogens is 1. The monoisotopic (exact) mass is 446 g/mol. The van der Waals surface area contributed by atoms with Crippen LogP contribution in [0.4, 0.5) is 4.39 Å². The lowest BCUT2D eigenvalue weighted by Crippen LogP contribution is -2.67. The molecule has 2 saturated heterocycles. The van der Waals surface area contributed by atoms with Crippen molar-refractivity contribution >= 4 is 15.7 Å². The molecule has 0 radical (unpaired) electrons. The van der Waals surface area contributed by atoms with Gasteiger partial charge in [0.1, 0.15) is 16.8 Å². The molecule has 1 aromatic carbocycles. The first kappa shape index (κ1) is 19.9. The summed E-state index contributed by atoms with van der Waals surface area (Å²) >= 11 is 0. The standard InChI is InChI=1S/C20H19FN4O5S/c1-12-22-16(9-29-12)19(26)25-10-20(11-25)14(6-7-31(20,27)28)18-23-17(24-30-18)8-13-4-2-3-5-15(13)21/h2-5,9,14H,6-8,10-11H2,1H3. The number of oxazole rings is 1. The summed E-state index contributed by atoms with van der Waals surface area (Å²) in [6.45, 7) is 1.67. The van der Waals surface area contributed by atoms with E-state index in [0.29, 0.717) is 17.9 Å². The summed E-state index contributed by atoms with van der Waals surface area (Å²) in [5, 5.41) is 3.92. The summed E-state index contributed by atoms with van der Waals surface area (Å²) < 4.78 is 49.0. The average Bonchev–Trinajstić information content (AvgIpc) is 3.39. The van der Waals surface area contributed by atoms with E-state index in [2.05, 4.69) is 15.1 Å². The molecule has 1 unspecified atom stereocenters. The molecular formula is C20H19FN4O5S.